The molecule has 0 aromatic heterocycles. The van der Waals surface area contributed by atoms with Crippen LogP contribution in [0.2, 0.25) is 0 Å². The third-order valence-electron chi connectivity index (χ3n) is 4.32. The van der Waals surface area contributed by atoms with Gasteiger partial charge in [0.25, 0.3) is 0 Å². The number of carboxylic acids is 1. The zero-order valence-electron chi connectivity index (χ0n) is 13.0. The second kappa shape index (κ2) is 7.09. The molecule has 0 radical (unpaired) electrons. The van der Waals surface area contributed by atoms with Crippen molar-refractivity contribution in [3.05, 3.63) is 0 Å². The van der Waals surface area contributed by atoms with E-state index in [4.69, 9.17) is 5.11 Å². The van der Waals surface area contributed by atoms with Gasteiger partial charge in [-0.15, -0.1) is 0 Å². The molecule has 2 aliphatic heterocycles. The van der Waals surface area contributed by atoms with Crippen LogP contribution in [0.1, 0.15) is 13.8 Å². The molecule has 0 saturated carbocycles. The Labute approximate surface area is 126 Å². The number of amides is 2. The number of hydrogen-bond acceptors (Lipinski definition) is 4. The summed E-state index contributed by atoms with van der Waals surface area (Å²) in [6.07, 6.45) is 0. The van der Waals surface area contributed by atoms with Crippen molar-refractivity contribution in [1.82, 2.24) is 19.6 Å². The van der Waals surface area contributed by atoms with Crippen LogP contribution in [0.4, 0.5) is 4.79 Å². The first-order valence-electron chi connectivity index (χ1n) is 7.69. The Balaban J connectivity index is 1.76. The van der Waals surface area contributed by atoms with Gasteiger partial charge in [-0.2, -0.15) is 0 Å². The fourth-order valence-electron chi connectivity index (χ4n) is 2.92. The van der Waals surface area contributed by atoms with E-state index in [0.717, 1.165) is 26.2 Å². The first-order valence-corrected chi connectivity index (χ1v) is 7.69. The molecule has 120 valence electrons. The Bertz CT molecular complexity index is 372. The third-order valence-corrected chi connectivity index (χ3v) is 4.32. The molecule has 7 heteroatoms. The van der Waals surface area contributed by atoms with Crippen LogP contribution in [0.25, 0.3) is 0 Å². The van der Waals surface area contributed by atoms with Crippen molar-refractivity contribution in [3.63, 3.8) is 0 Å². The molecule has 0 aromatic carbocycles. The minimum atomic E-state index is -0.806. The molecule has 2 heterocycles. The zero-order valence-corrected chi connectivity index (χ0v) is 13.0. The Morgan fingerprint density at radius 3 is 1.81 bits per heavy atom. The van der Waals surface area contributed by atoms with Crippen molar-refractivity contribution < 1.29 is 14.7 Å². The number of hydrogen-bond donors (Lipinski definition) is 1. The van der Waals surface area contributed by atoms with Crippen molar-refractivity contribution in [2.24, 2.45) is 0 Å². The molecule has 2 aliphatic rings. The summed E-state index contributed by atoms with van der Waals surface area (Å²) in [6.45, 7) is 10.4. The summed E-state index contributed by atoms with van der Waals surface area (Å²) in [7, 11) is 0. The largest absolute Gasteiger partial charge is 0.480 e. The van der Waals surface area contributed by atoms with Crippen LogP contribution >= 0.6 is 0 Å². The van der Waals surface area contributed by atoms with Crippen LogP contribution in [-0.4, -0.2) is 102 Å². The minimum absolute atomic E-state index is 0.0646. The molecular weight excluding hydrogens is 272 g/mol. The van der Waals surface area contributed by atoms with Gasteiger partial charge in [-0.3, -0.25) is 14.6 Å². The number of urea groups is 1. The standard InChI is InChI=1S/C14H26N4O3/c1-12(2)16-7-9-18(10-8-16)14(21)17-5-3-15(4-6-17)11-13(19)20/h12H,3-11H2,1-2H3,(H,19,20). The van der Waals surface area contributed by atoms with E-state index >= 15 is 0 Å². The lowest BCUT2D eigenvalue weighted by Gasteiger charge is -2.41. The van der Waals surface area contributed by atoms with Crippen molar-refractivity contribution in [2.75, 3.05) is 58.9 Å². The van der Waals surface area contributed by atoms with Gasteiger partial charge in [-0.05, 0) is 13.8 Å². The lowest BCUT2D eigenvalue weighted by molar-refractivity contribution is -0.138. The summed E-state index contributed by atoms with van der Waals surface area (Å²) in [5.74, 6) is -0.806. The van der Waals surface area contributed by atoms with E-state index in [0.29, 0.717) is 32.2 Å². The number of carbonyl (C=O) groups excluding carboxylic acids is 1. The topological polar surface area (TPSA) is 67.3 Å². The SMILES string of the molecule is CC(C)N1CCN(C(=O)N2CCN(CC(=O)O)CC2)CC1. The van der Waals surface area contributed by atoms with E-state index in [-0.39, 0.29) is 12.6 Å². The minimum Gasteiger partial charge on any atom is -0.480 e. The van der Waals surface area contributed by atoms with Crippen LogP contribution in [0, 0.1) is 0 Å². The van der Waals surface area contributed by atoms with Crippen molar-refractivity contribution in [3.8, 4) is 0 Å². The lowest BCUT2D eigenvalue weighted by atomic mass is 10.2. The van der Waals surface area contributed by atoms with E-state index in [2.05, 4.69) is 18.7 Å². The normalized spacial score (nSPS) is 21.9. The van der Waals surface area contributed by atoms with Gasteiger partial charge in [0.15, 0.2) is 0 Å². The predicted octanol–water partition coefficient (Wildman–Crippen LogP) is -0.165. The summed E-state index contributed by atoms with van der Waals surface area (Å²) in [6, 6.07) is 0.634. The van der Waals surface area contributed by atoms with Gasteiger partial charge in [-0.25, -0.2) is 4.79 Å². The molecule has 0 aromatic rings. The van der Waals surface area contributed by atoms with Gasteiger partial charge in [0, 0.05) is 58.4 Å². The highest BCUT2D eigenvalue weighted by Gasteiger charge is 2.28. The van der Waals surface area contributed by atoms with Crippen LogP contribution < -0.4 is 0 Å². The molecule has 0 unspecified atom stereocenters. The molecule has 2 amide bonds. The molecule has 0 atom stereocenters. The number of carbonyl (C=O) groups is 2. The number of piperazine rings is 2. The number of aliphatic carboxylic acids is 1. The second-order valence-electron chi connectivity index (χ2n) is 6.06. The maximum Gasteiger partial charge on any atom is 0.320 e. The van der Waals surface area contributed by atoms with E-state index in [1.54, 1.807) is 0 Å². The molecule has 1 N–H and O–H groups in total. The number of nitrogens with zero attached hydrogens (tertiary/aromatic N) is 4. The number of rotatable bonds is 3. The first kappa shape index (κ1) is 16.0. The summed E-state index contributed by atoms with van der Waals surface area (Å²) in [5, 5.41) is 8.78. The van der Waals surface area contributed by atoms with Crippen LogP contribution in [-0.2, 0) is 4.79 Å². The predicted molar refractivity (Wildman–Crippen MR) is 79.3 cm³/mol. The summed E-state index contributed by atoms with van der Waals surface area (Å²) >= 11 is 0. The van der Waals surface area contributed by atoms with E-state index in [9.17, 15) is 9.59 Å². The summed E-state index contributed by atoms with van der Waals surface area (Å²) in [5.41, 5.74) is 0. The highest BCUT2D eigenvalue weighted by molar-refractivity contribution is 5.75. The van der Waals surface area contributed by atoms with Crippen LogP contribution in [0.15, 0.2) is 0 Å². The zero-order chi connectivity index (χ0) is 15.4. The van der Waals surface area contributed by atoms with Crippen molar-refractivity contribution in [1.29, 1.82) is 0 Å². The smallest absolute Gasteiger partial charge is 0.320 e. The van der Waals surface area contributed by atoms with Crippen molar-refractivity contribution in [2.45, 2.75) is 19.9 Å². The monoisotopic (exact) mass is 298 g/mol. The van der Waals surface area contributed by atoms with Crippen LogP contribution in [0.5, 0.6) is 0 Å². The highest BCUT2D eigenvalue weighted by Crippen LogP contribution is 2.10. The molecule has 0 aliphatic carbocycles. The Kier molecular flexibility index (Phi) is 5.41. The van der Waals surface area contributed by atoms with Crippen molar-refractivity contribution >= 4 is 12.0 Å². The Hall–Kier alpha value is -1.34. The molecule has 2 saturated heterocycles. The third kappa shape index (κ3) is 4.31. The molecule has 0 bridgehead atoms. The second-order valence-corrected chi connectivity index (χ2v) is 6.06. The van der Waals surface area contributed by atoms with E-state index in [1.807, 2.05) is 14.7 Å². The van der Waals surface area contributed by atoms with E-state index < -0.39 is 5.97 Å². The molecule has 2 fully saturated rings. The van der Waals surface area contributed by atoms with Gasteiger partial charge in [-0.1, -0.05) is 0 Å². The maximum atomic E-state index is 12.5. The van der Waals surface area contributed by atoms with Gasteiger partial charge < -0.3 is 14.9 Å². The molecule has 21 heavy (non-hydrogen) atoms. The summed E-state index contributed by atoms with van der Waals surface area (Å²) < 4.78 is 0. The van der Waals surface area contributed by atoms with Gasteiger partial charge in [0.2, 0.25) is 0 Å². The first-order chi connectivity index (χ1) is 9.97. The van der Waals surface area contributed by atoms with Gasteiger partial charge >= 0.3 is 12.0 Å². The van der Waals surface area contributed by atoms with Gasteiger partial charge in [0.1, 0.15) is 0 Å². The molecule has 7 nitrogen and oxygen atoms in total. The fourth-order valence-corrected chi connectivity index (χ4v) is 2.92. The fraction of sp³-hybridized carbons (Fsp3) is 0.857. The average Bonchev–Trinajstić information content (AvgIpc) is 2.47. The molecule has 2 rings (SSSR count). The van der Waals surface area contributed by atoms with Crippen LogP contribution in [0.3, 0.4) is 0 Å². The summed E-state index contributed by atoms with van der Waals surface area (Å²) in [4.78, 5) is 31.2. The lowest BCUT2D eigenvalue weighted by Crippen LogP contribution is -2.57. The highest BCUT2D eigenvalue weighted by atomic mass is 16.4. The number of carboxylic acid groups (broad SMARTS) is 1. The quantitative estimate of drug-likeness (QED) is 0.784. The van der Waals surface area contributed by atoms with E-state index in [1.165, 1.54) is 0 Å². The maximum absolute atomic E-state index is 12.5. The molecular formula is C14H26N4O3. The Morgan fingerprint density at radius 2 is 1.38 bits per heavy atom. The average molecular weight is 298 g/mol. The molecule has 0 spiro atoms. The van der Waals surface area contributed by atoms with Gasteiger partial charge in [0.05, 0.1) is 6.54 Å². The Morgan fingerprint density at radius 1 is 0.905 bits per heavy atom.